The molecule has 1 unspecified atom stereocenters. The maximum atomic E-state index is 11.2. The third kappa shape index (κ3) is 5.46. The summed E-state index contributed by atoms with van der Waals surface area (Å²) in [6, 6.07) is 0. The van der Waals surface area contributed by atoms with Gasteiger partial charge < -0.3 is 18.1 Å². The van der Waals surface area contributed by atoms with E-state index in [2.05, 4.69) is 27.0 Å². The molecule has 0 aliphatic heterocycles. The summed E-state index contributed by atoms with van der Waals surface area (Å²) < 4.78 is 13.3. The highest BCUT2D eigenvalue weighted by Crippen LogP contribution is 2.14. The van der Waals surface area contributed by atoms with Gasteiger partial charge in [0.05, 0.1) is 10.4 Å². The number of anilines is 1. The monoisotopic (exact) mass is 382 g/mol. The first kappa shape index (κ1) is 21.2. The van der Waals surface area contributed by atoms with Crippen molar-refractivity contribution in [2.24, 2.45) is 0 Å². The average molecular weight is 383 g/mol. The number of nitrogens with two attached hydrogens (primary N) is 1. The normalized spacial score (nSPS) is 11.4. The van der Waals surface area contributed by atoms with E-state index in [0.717, 1.165) is 12.0 Å². The molecule has 2 aromatic heterocycles. The topological polar surface area (TPSA) is 72.8 Å². The highest BCUT2D eigenvalue weighted by Gasteiger charge is 2.17. The Morgan fingerprint density at radius 1 is 1.41 bits per heavy atom. The van der Waals surface area contributed by atoms with Gasteiger partial charge in [0.2, 0.25) is 5.51 Å². The fourth-order valence-corrected chi connectivity index (χ4v) is 3.52. The van der Waals surface area contributed by atoms with E-state index in [1.807, 2.05) is 6.92 Å². The minimum atomic E-state index is -0.752. The summed E-state index contributed by atoms with van der Waals surface area (Å²) in [6.45, 7) is 4.57. The Morgan fingerprint density at radius 2 is 2.09 bits per heavy atom. The summed E-state index contributed by atoms with van der Waals surface area (Å²) in [6.07, 6.45) is 4.37. The van der Waals surface area contributed by atoms with Gasteiger partial charge in [-0.05, 0) is 13.3 Å². The Balaban J connectivity index is 0.00000220. The van der Waals surface area contributed by atoms with Crippen molar-refractivity contribution >= 4 is 40.4 Å². The van der Waals surface area contributed by atoms with Crippen molar-refractivity contribution in [2.45, 2.75) is 26.8 Å². The molecule has 0 aliphatic carbocycles. The lowest BCUT2D eigenvalue weighted by Crippen LogP contribution is -3.00. The van der Waals surface area contributed by atoms with Crippen molar-refractivity contribution in [1.29, 1.82) is 0 Å². The molecule has 5 nitrogen and oxygen atoms in total. The Labute approximate surface area is 149 Å². The molecule has 0 bridgehead atoms. The predicted molar refractivity (Wildman–Crippen MR) is 89.4 cm³/mol. The van der Waals surface area contributed by atoms with Crippen LogP contribution in [0.3, 0.4) is 0 Å². The van der Waals surface area contributed by atoms with E-state index in [-0.39, 0.29) is 24.8 Å². The van der Waals surface area contributed by atoms with Crippen LogP contribution in [0.15, 0.2) is 11.7 Å². The number of aryl methyl sites for hydroxylation is 2. The van der Waals surface area contributed by atoms with Gasteiger partial charge in [0.15, 0.2) is 12.2 Å². The van der Waals surface area contributed by atoms with Crippen LogP contribution >= 0.6 is 23.7 Å². The molecule has 0 saturated carbocycles. The molecule has 2 rings (SSSR count). The van der Waals surface area contributed by atoms with Gasteiger partial charge in [0.25, 0.3) is 0 Å². The first-order chi connectivity index (χ1) is 9.47. The lowest BCUT2D eigenvalue weighted by molar-refractivity contribution is -0.689. The predicted octanol–water partition coefficient (Wildman–Crippen LogP) is -1.58. The zero-order valence-corrected chi connectivity index (χ0v) is 15.9. The van der Waals surface area contributed by atoms with Crippen molar-refractivity contribution in [2.75, 3.05) is 17.7 Å². The molecule has 124 valence electrons. The van der Waals surface area contributed by atoms with Crippen molar-refractivity contribution in [1.82, 2.24) is 9.97 Å². The number of nitrogens with zero attached hydrogens (tertiary/aromatic N) is 3. The highest BCUT2D eigenvalue weighted by molar-refractivity contribution is 7.84. The summed E-state index contributed by atoms with van der Waals surface area (Å²) >= 11 is 1.69. The first-order valence-electron chi connectivity index (χ1n) is 6.31. The molecular formula is C13H20Cl2N4OS2. The lowest BCUT2D eigenvalue weighted by atomic mass is 10.2. The van der Waals surface area contributed by atoms with Gasteiger partial charge in [0, 0.05) is 35.9 Å². The second-order valence-electron chi connectivity index (χ2n) is 4.71. The van der Waals surface area contributed by atoms with Crippen molar-refractivity contribution in [3.63, 3.8) is 0 Å². The molecule has 9 heteroatoms. The first-order valence-corrected chi connectivity index (χ1v) is 8.92. The van der Waals surface area contributed by atoms with Gasteiger partial charge in [0.1, 0.15) is 11.6 Å². The second-order valence-corrected chi connectivity index (χ2v) is 7.21. The third-order valence-corrected chi connectivity index (χ3v) is 5.06. The number of halogens is 2. The Hall–Kier alpha value is -0.760. The number of nitrogen functional groups attached to an aromatic ring is 1. The summed E-state index contributed by atoms with van der Waals surface area (Å²) in [5.74, 6) is 1.92. The van der Waals surface area contributed by atoms with Crippen LogP contribution in [-0.4, -0.2) is 26.2 Å². The van der Waals surface area contributed by atoms with Gasteiger partial charge in [-0.15, -0.1) is 12.4 Å². The Bertz CT molecular complexity index is 649. The van der Waals surface area contributed by atoms with Gasteiger partial charge in [-0.2, -0.15) is 4.57 Å². The lowest BCUT2D eigenvalue weighted by Gasteiger charge is -2.02. The minimum absolute atomic E-state index is 0. The van der Waals surface area contributed by atoms with Crippen LogP contribution in [0, 0.1) is 13.8 Å². The van der Waals surface area contributed by atoms with Crippen LogP contribution < -0.4 is 22.7 Å². The third-order valence-electron chi connectivity index (χ3n) is 3.13. The number of rotatable bonds is 5. The number of hydrogen-bond donors (Lipinski definition) is 1. The van der Waals surface area contributed by atoms with E-state index in [1.54, 1.807) is 23.8 Å². The van der Waals surface area contributed by atoms with E-state index in [1.165, 1.54) is 10.6 Å². The fraction of sp³-hybridized carbons (Fsp3) is 0.462. The van der Waals surface area contributed by atoms with Gasteiger partial charge >= 0.3 is 0 Å². The summed E-state index contributed by atoms with van der Waals surface area (Å²) in [7, 11) is -0.752. The van der Waals surface area contributed by atoms with E-state index in [4.69, 9.17) is 5.73 Å². The van der Waals surface area contributed by atoms with Crippen molar-refractivity contribution in [3.8, 4) is 0 Å². The Kier molecular flexibility index (Phi) is 9.07. The van der Waals surface area contributed by atoms with Crippen LogP contribution in [-0.2, 0) is 23.8 Å². The van der Waals surface area contributed by atoms with Gasteiger partial charge in [-0.25, -0.2) is 9.97 Å². The van der Waals surface area contributed by atoms with Crippen LogP contribution in [0.2, 0.25) is 0 Å². The van der Waals surface area contributed by atoms with Gasteiger partial charge in [-0.1, -0.05) is 11.3 Å². The number of hydrogen-bond acceptors (Lipinski definition) is 5. The molecule has 0 fully saturated rings. The average Bonchev–Trinajstić information content (AvgIpc) is 2.72. The molecule has 22 heavy (non-hydrogen) atoms. The van der Waals surface area contributed by atoms with Crippen LogP contribution in [0.25, 0.3) is 0 Å². The molecule has 0 radical (unpaired) electrons. The molecule has 0 aromatic carbocycles. The molecule has 0 saturated heterocycles. The van der Waals surface area contributed by atoms with Crippen molar-refractivity contribution in [3.05, 3.63) is 33.7 Å². The highest BCUT2D eigenvalue weighted by atomic mass is 35.5. The molecule has 2 N–H and O–H groups in total. The fourth-order valence-electron chi connectivity index (χ4n) is 1.90. The van der Waals surface area contributed by atoms with Crippen LogP contribution in [0.5, 0.6) is 0 Å². The minimum Gasteiger partial charge on any atom is -1.00 e. The second kappa shape index (κ2) is 9.39. The SMILES string of the molecule is Cc1ncc(C[n+]2csc(CCS(C)=O)c2C)c(N)n1.Cl.[Cl-]. The molecule has 2 aromatic rings. The smallest absolute Gasteiger partial charge is 0.225 e. The zero-order valence-electron chi connectivity index (χ0n) is 12.7. The summed E-state index contributed by atoms with van der Waals surface area (Å²) in [5.41, 5.74) is 10.1. The molecule has 0 aliphatic rings. The maximum absolute atomic E-state index is 11.2. The molecule has 1 atom stereocenters. The summed E-state index contributed by atoms with van der Waals surface area (Å²) in [4.78, 5) is 9.64. The van der Waals surface area contributed by atoms with Crippen LogP contribution in [0.1, 0.15) is 22.0 Å². The van der Waals surface area contributed by atoms with Crippen LogP contribution in [0.4, 0.5) is 5.82 Å². The maximum Gasteiger partial charge on any atom is 0.225 e. The van der Waals surface area contributed by atoms with E-state index in [9.17, 15) is 4.21 Å². The van der Waals surface area contributed by atoms with E-state index < -0.39 is 10.8 Å². The summed E-state index contributed by atoms with van der Waals surface area (Å²) in [5, 5.41) is 0. The largest absolute Gasteiger partial charge is 1.00 e. The molecule has 0 spiro atoms. The van der Waals surface area contributed by atoms with Gasteiger partial charge in [-0.3, -0.25) is 4.21 Å². The van der Waals surface area contributed by atoms with Crippen molar-refractivity contribution < 1.29 is 21.2 Å². The van der Waals surface area contributed by atoms with E-state index in [0.29, 0.717) is 23.9 Å². The quantitative estimate of drug-likeness (QED) is 0.633. The standard InChI is InChI=1S/C13H19N4OS2.2ClH/c1-9-12(4-5-20(3)18)19-8-17(9)7-11-6-15-10(2)16-13(11)14;;/h6,8H,4-5,7H2,1-3H3,(H2,14,15,16);2*1H/q+1;;/p-1. The Morgan fingerprint density at radius 3 is 2.68 bits per heavy atom. The molecular weight excluding hydrogens is 363 g/mol. The molecule has 2 heterocycles. The van der Waals surface area contributed by atoms with E-state index >= 15 is 0 Å². The number of thiazole rings is 1. The number of aromatic nitrogens is 3. The zero-order chi connectivity index (χ0) is 14.7. The molecule has 0 amide bonds.